The summed E-state index contributed by atoms with van der Waals surface area (Å²) in [6, 6.07) is 16.4. The van der Waals surface area contributed by atoms with Crippen LogP contribution in [0, 0.1) is 0 Å². The lowest BCUT2D eigenvalue weighted by Crippen LogP contribution is -2.39. The Bertz CT molecular complexity index is 557. The van der Waals surface area contributed by atoms with Crippen LogP contribution in [0.15, 0.2) is 64.6 Å². The lowest BCUT2D eigenvalue weighted by molar-refractivity contribution is 0.798. The van der Waals surface area contributed by atoms with Gasteiger partial charge in [0, 0.05) is 49.1 Å². The minimum atomic E-state index is 0.822. The Labute approximate surface area is 136 Å². The molecule has 0 aliphatic heterocycles. The molecule has 5 heteroatoms. The molecule has 0 bridgehead atoms. The largest absolute Gasteiger partial charge is 0.356 e. The number of aliphatic imine (C=N–C) groups is 1. The molecule has 0 unspecified atom stereocenters. The van der Waals surface area contributed by atoms with Crippen molar-refractivity contribution in [2.75, 3.05) is 25.9 Å². The highest BCUT2D eigenvalue weighted by molar-refractivity contribution is 7.99. The van der Waals surface area contributed by atoms with E-state index in [-0.39, 0.29) is 0 Å². The van der Waals surface area contributed by atoms with Gasteiger partial charge in [-0.15, -0.1) is 11.8 Å². The molecule has 0 saturated heterocycles. The van der Waals surface area contributed by atoms with E-state index in [1.54, 1.807) is 7.05 Å². The van der Waals surface area contributed by atoms with Gasteiger partial charge in [-0.1, -0.05) is 24.3 Å². The fourth-order valence-electron chi connectivity index (χ4n) is 1.93. The highest BCUT2D eigenvalue weighted by Crippen LogP contribution is 2.15. The summed E-state index contributed by atoms with van der Waals surface area (Å²) < 4.78 is 0. The first-order valence-electron chi connectivity index (χ1n) is 7.41. The number of pyridine rings is 1. The lowest BCUT2D eigenvalue weighted by atomic mass is 10.3. The van der Waals surface area contributed by atoms with E-state index >= 15 is 0 Å². The molecule has 116 valence electrons. The molecule has 0 fully saturated rings. The monoisotopic (exact) mass is 314 g/mol. The van der Waals surface area contributed by atoms with Crippen molar-refractivity contribution < 1.29 is 0 Å². The van der Waals surface area contributed by atoms with E-state index in [1.807, 2.05) is 42.2 Å². The van der Waals surface area contributed by atoms with E-state index in [2.05, 4.69) is 44.9 Å². The minimum absolute atomic E-state index is 0.822. The Morgan fingerprint density at radius 2 is 1.82 bits per heavy atom. The van der Waals surface area contributed by atoms with Crippen LogP contribution in [0.5, 0.6) is 0 Å². The highest BCUT2D eigenvalue weighted by atomic mass is 32.2. The zero-order valence-electron chi connectivity index (χ0n) is 12.8. The molecular weight excluding hydrogens is 292 g/mol. The molecule has 2 N–H and O–H groups in total. The third-order valence-electron chi connectivity index (χ3n) is 3.03. The summed E-state index contributed by atoms with van der Waals surface area (Å²) >= 11 is 1.84. The predicted molar refractivity (Wildman–Crippen MR) is 94.5 cm³/mol. The molecule has 22 heavy (non-hydrogen) atoms. The van der Waals surface area contributed by atoms with E-state index in [0.717, 1.165) is 36.9 Å². The van der Waals surface area contributed by atoms with Crippen LogP contribution >= 0.6 is 11.8 Å². The summed E-state index contributed by atoms with van der Waals surface area (Å²) in [6.45, 7) is 1.70. The van der Waals surface area contributed by atoms with E-state index in [9.17, 15) is 0 Å². The van der Waals surface area contributed by atoms with Crippen LogP contribution in [-0.2, 0) is 6.42 Å². The predicted octanol–water partition coefficient (Wildman–Crippen LogP) is 2.58. The van der Waals surface area contributed by atoms with Gasteiger partial charge in [-0.2, -0.15) is 0 Å². The van der Waals surface area contributed by atoms with Crippen molar-refractivity contribution >= 4 is 17.7 Å². The number of aromatic nitrogens is 1. The molecule has 4 nitrogen and oxygen atoms in total. The van der Waals surface area contributed by atoms with E-state index in [4.69, 9.17) is 0 Å². The van der Waals surface area contributed by atoms with Crippen molar-refractivity contribution in [3.8, 4) is 0 Å². The third kappa shape index (κ3) is 6.18. The van der Waals surface area contributed by atoms with E-state index in [0.29, 0.717) is 0 Å². The quantitative estimate of drug-likeness (QED) is 0.357. The maximum absolute atomic E-state index is 4.31. The number of hydrogen-bond donors (Lipinski definition) is 2. The zero-order valence-corrected chi connectivity index (χ0v) is 13.6. The zero-order chi connectivity index (χ0) is 15.5. The summed E-state index contributed by atoms with van der Waals surface area (Å²) in [4.78, 5) is 9.83. The van der Waals surface area contributed by atoms with Crippen molar-refractivity contribution in [2.24, 2.45) is 4.99 Å². The van der Waals surface area contributed by atoms with E-state index < -0.39 is 0 Å². The van der Waals surface area contributed by atoms with Gasteiger partial charge in [0.2, 0.25) is 0 Å². The highest BCUT2D eigenvalue weighted by Gasteiger charge is 1.98. The van der Waals surface area contributed by atoms with Crippen LogP contribution in [-0.4, -0.2) is 36.8 Å². The fourth-order valence-corrected chi connectivity index (χ4v) is 2.72. The maximum Gasteiger partial charge on any atom is 0.191 e. The summed E-state index contributed by atoms with van der Waals surface area (Å²) in [5, 5.41) is 6.63. The van der Waals surface area contributed by atoms with Gasteiger partial charge in [0.05, 0.1) is 0 Å². The second-order valence-electron chi connectivity index (χ2n) is 4.66. The Balaban J connectivity index is 1.61. The van der Waals surface area contributed by atoms with Gasteiger partial charge >= 0.3 is 0 Å². The van der Waals surface area contributed by atoms with Crippen LogP contribution in [0.25, 0.3) is 0 Å². The number of rotatable bonds is 7. The van der Waals surface area contributed by atoms with Crippen molar-refractivity contribution in [1.82, 2.24) is 15.6 Å². The summed E-state index contributed by atoms with van der Waals surface area (Å²) in [5.74, 6) is 1.84. The molecule has 0 saturated carbocycles. The van der Waals surface area contributed by atoms with Crippen LogP contribution in [0.2, 0.25) is 0 Å². The average molecular weight is 314 g/mol. The molecule has 0 amide bonds. The lowest BCUT2D eigenvalue weighted by Gasteiger charge is -2.11. The van der Waals surface area contributed by atoms with Crippen LogP contribution in [0.4, 0.5) is 0 Å². The number of guanidine groups is 1. The summed E-state index contributed by atoms with van der Waals surface area (Å²) in [5.41, 5.74) is 1.09. The topological polar surface area (TPSA) is 49.3 Å². The van der Waals surface area contributed by atoms with Gasteiger partial charge < -0.3 is 10.6 Å². The Morgan fingerprint density at radius 1 is 1.05 bits per heavy atom. The molecule has 2 aromatic rings. The van der Waals surface area contributed by atoms with Gasteiger partial charge in [-0.3, -0.25) is 9.98 Å². The second kappa shape index (κ2) is 9.84. The minimum Gasteiger partial charge on any atom is -0.356 e. The molecule has 0 aliphatic rings. The third-order valence-corrected chi connectivity index (χ3v) is 4.04. The van der Waals surface area contributed by atoms with Crippen molar-refractivity contribution in [1.29, 1.82) is 0 Å². The van der Waals surface area contributed by atoms with Crippen molar-refractivity contribution in [2.45, 2.75) is 11.3 Å². The maximum atomic E-state index is 4.31. The number of hydrogen-bond acceptors (Lipinski definition) is 3. The smallest absolute Gasteiger partial charge is 0.191 e. The Morgan fingerprint density at radius 3 is 2.55 bits per heavy atom. The van der Waals surface area contributed by atoms with Crippen LogP contribution < -0.4 is 10.6 Å². The molecule has 0 radical (unpaired) electrons. The van der Waals surface area contributed by atoms with Gasteiger partial charge in [0.15, 0.2) is 5.96 Å². The molecule has 1 aromatic heterocycles. The standard InChI is InChI=1S/C17H22N4S/c1-18-17(20-12-10-15-7-5-6-11-19-15)21-13-14-22-16-8-3-2-4-9-16/h2-9,11H,10,12-14H2,1H3,(H2,18,20,21). The molecule has 1 heterocycles. The van der Waals surface area contributed by atoms with Crippen LogP contribution in [0.3, 0.4) is 0 Å². The van der Waals surface area contributed by atoms with Crippen LogP contribution in [0.1, 0.15) is 5.69 Å². The number of benzene rings is 1. The normalized spacial score (nSPS) is 11.2. The van der Waals surface area contributed by atoms with Gasteiger partial charge in [0.25, 0.3) is 0 Å². The average Bonchev–Trinajstić information content (AvgIpc) is 2.59. The molecule has 0 aliphatic carbocycles. The summed E-state index contributed by atoms with van der Waals surface area (Å²) in [6.07, 6.45) is 2.71. The molecule has 0 spiro atoms. The fraction of sp³-hybridized carbons (Fsp3) is 0.294. The summed E-state index contributed by atoms with van der Waals surface area (Å²) in [7, 11) is 1.79. The first-order valence-corrected chi connectivity index (χ1v) is 8.39. The van der Waals surface area contributed by atoms with Gasteiger partial charge in [-0.25, -0.2) is 0 Å². The molecule has 1 aromatic carbocycles. The first-order chi connectivity index (χ1) is 10.9. The van der Waals surface area contributed by atoms with Gasteiger partial charge in [-0.05, 0) is 24.3 Å². The van der Waals surface area contributed by atoms with Crippen molar-refractivity contribution in [3.63, 3.8) is 0 Å². The van der Waals surface area contributed by atoms with Gasteiger partial charge in [0.1, 0.15) is 0 Å². The molecule has 0 atom stereocenters. The van der Waals surface area contributed by atoms with Crippen molar-refractivity contribution in [3.05, 3.63) is 60.4 Å². The first kappa shape index (κ1) is 16.4. The number of nitrogens with one attached hydrogen (secondary N) is 2. The van der Waals surface area contributed by atoms with E-state index in [1.165, 1.54) is 4.90 Å². The Kier molecular flexibility index (Phi) is 7.32. The Hall–Kier alpha value is -2.01. The molecular formula is C17H22N4S. The number of nitrogens with zero attached hydrogens (tertiary/aromatic N) is 2. The second-order valence-corrected chi connectivity index (χ2v) is 5.83. The SMILES string of the molecule is CN=C(NCCSc1ccccc1)NCCc1ccccn1. The molecule has 2 rings (SSSR count). The number of thioether (sulfide) groups is 1.